The van der Waals surface area contributed by atoms with Crippen LogP contribution in [0.4, 0.5) is 11.5 Å². The Bertz CT molecular complexity index is 1050. The maximum absolute atomic E-state index is 12.6. The number of fused-ring (bicyclic) bond motifs is 1. The van der Waals surface area contributed by atoms with Gasteiger partial charge >= 0.3 is 0 Å². The van der Waals surface area contributed by atoms with E-state index in [1.807, 2.05) is 6.07 Å². The van der Waals surface area contributed by atoms with E-state index in [1.54, 1.807) is 26.1 Å². The molecule has 0 radical (unpaired) electrons. The summed E-state index contributed by atoms with van der Waals surface area (Å²) in [7, 11) is -3.73. The zero-order valence-corrected chi connectivity index (χ0v) is 16.0. The Morgan fingerprint density at radius 1 is 1.11 bits per heavy atom. The molecule has 1 aliphatic rings. The molecule has 2 N–H and O–H groups in total. The molecule has 1 aliphatic heterocycles. The van der Waals surface area contributed by atoms with Gasteiger partial charge < -0.3 is 4.90 Å². The summed E-state index contributed by atoms with van der Waals surface area (Å²) in [6.45, 7) is 5.08. The maximum Gasteiger partial charge on any atom is 0.266 e. The Labute approximate surface area is 158 Å². The van der Waals surface area contributed by atoms with Crippen LogP contribution in [0.2, 0.25) is 0 Å². The SMILES string of the molecule is Cc1n[nH]c(C)c1S(=O)(=O)Nc1ccc(N2CCc3ccccc3C2)cn1. The fourth-order valence-corrected chi connectivity index (χ4v) is 4.86. The molecule has 4 rings (SSSR count). The minimum absolute atomic E-state index is 0.168. The van der Waals surface area contributed by atoms with Gasteiger partial charge in [0.25, 0.3) is 10.0 Å². The summed E-state index contributed by atoms with van der Waals surface area (Å²) in [5.74, 6) is 0.288. The van der Waals surface area contributed by atoms with Crippen molar-refractivity contribution in [3.63, 3.8) is 0 Å². The fraction of sp³-hybridized carbons (Fsp3) is 0.263. The van der Waals surface area contributed by atoms with Crippen molar-refractivity contribution >= 4 is 21.5 Å². The van der Waals surface area contributed by atoms with Crippen LogP contribution in [0.5, 0.6) is 0 Å². The number of aromatic amines is 1. The number of rotatable bonds is 4. The van der Waals surface area contributed by atoms with E-state index in [0.717, 1.165) is 25.2 Å². The van der Waals surface area contributed by atoms with E-state index in [4.69, 9.17) is 0 Å². The molecule has 3 heterocycles. The third kappa shape index (κ3) is 3.40. The molecular weight excluding hydrogens is 362 g/mol. The largest absolute Gasteiger partial charge is 0.366 e. The molecule has 0 unspecified atom stereocenters. The molecule has 0 amide bonds. The van der Waals surface area contributed by atoms with E-state index >= 15 is 0 Å². The highest BCUT2D eigenvalue weighted by molar-refractivity contribution is 7.92. The molecular formula is C19H21N5O2S. The molecule has 0 atom stereocenters. The van der Waals surface area contributed by atoms with Crippen LogP contribution >= 0.6 is 0 Å². The number of nitrogens with zero attached hydrogens (tertiary/aromatic N) is 3. The van der Waals surface area contributed by atoms with Crippen molar-refractivity contribution in [2.24, 2.45) is 0 Å². The number of nitrogens with one attached hydrogen (secondary N) is 2. The van der Waals surface area contributed by atoms with E-state index in [1.165, 1.54) is 11.1 Å². The Hall–Kier alpha value is -2.87. The molecule has 27 heavy (non-hydrogen) atoms. The van der Waals surface area contributed by atoms with Gasteiger partial charge in [-0.1, -0.05) is 24.3 Å². The normalized spacial score (nSPS) is 14.1. The average molecular weight is 383 g/mol. The highest BCUT2D eigenvalue weighted by Gasteiger charge is 2.23. The average Bonchev–Trinajstić information content (AvgIpc) is 3.01. The van der Waals surface area contributed by atoms with E-state index in [-0.39, 0.29) is 10.7 Å². The van der Waals surface area contributed by atoms with Gasteiger partial charge in [-0.2, -0.15) is 5.10 Å². The summed E-state index contributed by atoms with van der Waals surface area (Å²) in [6.07, 6.45) is 2.70. The number of anilines is 2. The fourth-order valence-electron chi connectivity index (χ4n) is 3.47. The number of hydrogen-bond donors (Lipinski definition) is 2. The quantitative estimate of drug-likeness (QED) is 0.723. The van der Waals surface area contributed by atoms with Crippen LogP contribution in [0.1, 0.15) is 22.5 Å². The summed E-state index contributed by atoms with van der Waals surface area (Å²) in [5, 5.41) is 6.64. The topological polar surface area (TPSA) is 91.0 Å². The van der Waals surface area contributed by atoms with Gasteiger partial charge in [-0.25, -0.2) is 13.4 Å². The van der Waals surface area contributed by atoms with Gasteiger partial charge in [-0.05, 0) is 43.5 Å². The molecule has 0 bridgehead atoms. The zero-order chi connectivity index (χ0) is 19.0. The first-order chi connectivity index (χ1) is 12.9. The highest BCUT2D eigenvalue weighted by Crippen LogP contribution is 2.25. The van der Waals surface area contributed by atoms with Crippen molar-refractivity contribution in [1.82, 2.24) is 15.2 Å². The maximum atomic E-state index is 12.6. The standard InChI is InChI=1S/C19H21N5O2S/c1-13-19(14(2)22-21-13)27(25,26)23-18-8-7-17(11-20-18)24-10-9-15-5-3-4-6-16(15)12-24/h3-8,11H,9-10,12H2,1-2H3,(H,20,23)(H,21,22). The lowest BCUT2D eigenvalue weighted by atomic mass is 10.00. The number of aromatic nitrogens is 3. The van der Waals surface area contributed by atoms with Crippen molar-refractivity contribution in [3.05, 3.63) is 65.1 Å². The summed E-state index contributed by atoms with van der Waals surface area (Å²) in [6, 6.07) is 12.0. The van der Waals surface area contributed by atoms with E-state index in [9.17, 15) is 8.42 Å². The van der Waals surface area contributed by atoms with Crippen LogP contribution in [0, 0.1) is 13.8 Å². The monoisotopic (exact) mass is 383 g/mol. The number of H-pyrrole nitrogens is 1. The molecule has 0 spiro atoms. The molecule has 3 aromatic rings. The van der Waals surface area contributed by atoms with Gasteiger partial charge in [0.15, 0.2) is 0 Å². The second-order valence-corrected chi connectivity index (χ2v) is 8.33. The second-order valence-electron chi connectivity index (χ2n) is 6.71. The number of benzene rings is 1. The van der Waals surface area contributed by atoms with Crippen molar-refractivity contribution in [1.29, 1.82) is 0 Å². The van der Waals surface area contributed by atoms with Crippen LogP contribution in [0.25, 0.3) is 0 Å². The van der Waals surface area contributed by atoms with Crippen molar-refractivity contribution in [2.45, 2.75) is 31.7 Å². The van der Waals surface area contributed by atoms with Crippen LogP contribution < -0.4 is 9.62 Å². The van der Waals surface area contributed by atoms with E-state index < -0.39 is 10.0 Å². The summed E-state index contributed by atoms with van der Waals surface area (Å²) in [4.78, 5) is 6.72. The summed E-state index contributed by atoms with van der Waals surface area (Å²) in [5.41, 5.74) is 4.62. The number of pyridine rings is 1. The number of sulfonamides is 1. The minimum Gasteiger partial charge on any atom is -0.366 e. The Morgan fingerprint density at radius 2 is 1.89 bits per heavy atom. The molecule has 140 valence electrons. The molecule has 0 saturated carbocycles. The summed E-state index contributed by atoms with van der Waals surface area (Å²) < 4.78 is 27.7. The van der Waals surface area contributed by atoms with Gasteiger partial charge in [0, 0.05) is 13.1 Å². The number of aryl methyl sites for hydroxylation is 2. The lowest BCUT2D eigenvalue weighted by Gasteiger charge is -2.30. The van der Waals surface area contributed by atoms with E-state index in [0.29, 0.717) is 11.4 Å². The van der Waals surface area contributed by atoms with Crippen molar-refractivity contribution in [2.75, 3.05) is 16.2 Å². The lowest BCUT2D eigenvalue weighted by Crippen LogP contribution is -2.30. The second kappa shape index (κ2) is 6.70. The van der Waals surface area contributed by atoms with Gasteiger partial charge in [0.2, 0.25) is 0 Å². The van der Waals surface area contributed by atoms with Gasteiger partial charge in [-0.3, -0.25) is 9.82 Å². The van der Waals surface area contributed by atoms with Gasteiger partial charge in [0.1, 0.15) is 10.7 Å². The Morgan fingerprint density at radius 3 is 2.56 bits per heavy atom. The van der Waals surface area contributed by atoms with E-state index in [2.05, 4.69) is 49.1 Å². The van der Waals surface area contributed by atoms with Crippen LogP contribution in [0.3, 0.4) is 0 Å². The van der Waals surface area contributed by atoms with Crippen molar-refractivity contribution < 1.29 is 8.42 Å². The zero-order valence-electron chi connectivity index (χ0n) is 15.2. The first kappa shape index (κ1) is 17.5. The Balaban J connectivity index is 1.52. The summed E-state index contributed by atoms with van der Waals surface area (Å²) >= 11 is 0. The molecule has 7 nitrogen and oxygen atoms in total. The third-order valence-corrected chi connectivity index (χ3v) is 6.43. The predicted octanol–water partition coefficient (Wildman–Crippen LogP) is 2.79. The highest BCUT2D eigenvalue weighted by atomic mass is 32.2. The molecule has 0 fully saturated rings. The molecule has 0 saturated heterocycles. The first-order valence-corrected chi connectivity index (χ1v) is 10.2. The minimum atomic E-state index is -3.73. The van der Waals surface area contributed by atoms with Crippen LogP contribution in [-0.4, -0.2) is 30.1 Å². The first-order valence-electron chi connectivity index (χ1n) is 8.76. The lowest BCUT2D eigenvalue weighted by molar-refractivity contribution is 0.600. The molecule has 1 aromatic carbocycles. The third-order valence-electron chi connectivity index (χ3n) is 4.81. The molecule has 8 heteroatoms. The van der Waals surface area contributed by atoms with Gasteiger partial charge in [0.05, 0.1) is 23.3 Å². The van der Waals surface area contributed by atoms with Crippen LogP contribution in [-0.2, 0) is 23.0 Å². The predicted molar refractivity (Wildman–Crippen MR) is 104 cm³/mol. The van der Waals surface area contributed by atoms with Gasteiger partial charge in [-0.15, -0.1) is 0 Å². The Kier molecular flexibility index (Phi) is 4.35. The smallest absolute Gasteiger partial charge is 0.266 e. The number of hydrogen-bond acceptors (Lipinski definition) is 5. The molecule has 0 aliphatic carbocycles. The molecule has 2 aromatic heterocycles. The van der Waals surface area contributed by atoms with Crippen molar-refractivity contribution in [3.8, 4) is 0 Å². The van der Waals surface area contributed by atoms with Crippen LogP contribution in [0.15, 0.2) is 47.5 Å².